The molecule has 0 N–H and O–H groups in total. The van der Waals surface area contributed by atoms with Crippen molar-refractivity contribution < 1.29 is 9.59 Å². The molecule has 0 fully saturated rings. The Morgan fingerprint density at radius 2 is 1.62 bits per heavy atom. The molecule has 0 aliphatic heterocycles. The summed E-state index contributed by atoms with van der Waals surface area (Å²) in [6, 6.07) is 5.85. The van der Waals surface area contributed by atoms with E-state index in [4.69, 9.17) is 12.2 Å². The van der Waals surface area contributed by atoms with Crippen molar-refractivity contribution >= 4 is 35.1 Å². The molecule has 5 nitrogen and oxygen atoms in total. The summed E-state index contributed by atoms with van der Waals surface area (Å²) in [5.41, 5.74) is 1.53. The van der Waals surface area contributed by atoms with Crippen molar-refractivity contribution in [3.63, 3.8) is 0 Å². The number of rotatable bonds is 11. The number of carbonyl (C=O) groups is 2. The highest BCUT2D eigenvalue weighted by molar-refractivity contribution is 7.71. The van der Waals surface area contributed by atoms with E-state index in [9.17, 15) is 9.59 Å². The maximum absolute atomic E-state index is 13.2. The van der Waals surface area contributed by atoms with Crippen LogP contribution in [0.5, 0.6) is 0 Å². The van der Waals surface area contributed by atoms with Gasteiger partial charge in [-0.1, -0.05) is 65.1 Å². The second-order valence-electron chi connectivity index (χ2n) is 7.47. The number of hydrogen-bond acceptors (Lipinski definition) is 4. The highest BCUT2D eigenvalue weighted by atomic mass is 32.1. The van der Waals surface area contributed by atoms with Gasteiger partial charge in [0.1, 0.15) is 4.64 Å². The standard InChI is InChI=1S/C23H33N3O2S/c1-4-7-9-14-20(27)25(21(28)15-10-8-5-2)26-22-18(13-11-16-24-22)17-19(12-6-3)23(26)29/h11,13,16-17H,4-10,12,14-15H2,1-3H3. The molecule has 0 bridgehead atoms. The molecule has 2 aromatic heterocycles. The minimum atomic E-state index is -0.198. The maximum Gasteiger partial charge on any atom is 0.248 e. The van der Waals surface area contributed by atoms with E-state index in [1.807, 2.05) is 18.2 Å². The number of aryl methyl sites for hydroxylation is 1. The Labute approximate surface area is 179 Å². The molecule has 0 atom stereocenters. The van der Waals surface area contributed by atoms with Gasteiger partial charge in [0.2, 0.25) is 11.8 Å². The number of pyridine rings is 2. The Morgan fingerprint density at radius 1 is 1.00 bits per heavy atom. The second kappa shape index (κ2) is 11.8. The number of hydrogen-bond donors (Lipinski definition) is 0. The van der Waals surface area contributed by atoms with E-state index in [0.29, 0.717) is 23.1 Å². The van der Waals surface area contributed by atoms with E-state index < -0.39 is 0 Å². The lowest BCUT2D eigenvalue weighted by Gasteiger charge is -2.26. The van der Waals surface area contributed by atoms with Crippen LogP contribution in [0.2, 0.25) is 0 Å². The molecule has 0 aromatic carbocycles. The van der Waals surface area contributed by atoms with E-state index in [0.717, 1.165) is 62.3 Å². The van der Waals surface area contributed by atoms with Crippen LogP contribution in [-0.2, 0) is 16.0 Å². The van der Waals surface area contributed by atoms with Crippen molar-refractivity contribution in [2.45, 2.75) is 85.0 Å². The number of unbranched alkanes of at least 4 members (excludes halogenated alkanes) is 4. The van der Waals surface area contributed by atoms with Gasteiger partial charge in [-0.3, -0.25) is 9.59 Å². The number of nitrogens with zero attached hydrogens (tertiary/aromatic N) is 3. The quantitative estimate of drug-likeness (QED) is 0.340. The van der Waals surface area contributed by atoms with Crippen molar-refractivity contribution in [1.29, 1.82) is 0 Å². The lowest BCUT2D eigenvalue weighted by Crippen LogP contribution is -2.46. The van der Waals surface area contributed by atoms with Crippen molar-refractivity contribution in [3.05, 3.63) is 34.6 Å². The lowest BCUT2D eigenvalue weighted by molar-refractivity contribution is -0.129. The van der Waals surface area contributed by atoms with Crippen LogP contribution in [-0.4, -0.2) is 21.5 Å². The Morgan fingerprint density at radius 3 is 2.17 bits per heavy atom. The third-order valence-corrected chi connectivity index (χ3v) is 5.43. The van der Waals surface area contributed by atoms with Crippen molar-refractivity contribution in [2.24, 2.45) is 0 Å². The summed E-state index contributed by atoms with van der Waals surface area (Å²) in [4.78, 5) is 30.8. The highest BCUT2D eigenvalue weighted by Crippen LogP contribution is 2.20. The molecule has 158 valence electrons. The highest BCUT2D eigenvalue weighted by Gasteiger charge is 2.25. The number of fused-ring (bicyclic) bond motifs is 1. The van der Waals surface area contributed by atoms with Gasteiger partial charge in [-0.2, -0.15) is 5.01 Å². The number of carbonyl (C=O) groups excluding carboxylic acids is 2. The first-order valence-electron chi connectivity index (χ1n) is 10.9. The molecule has 0 aliphatic carbocycles. The molecule has 6 heteroatoms. The second-order valence-corrected chi connectivity index (χ2v) is 7.85. The first-order chi connectivity index (χ1) is 14.0. The van der Waals surface area contributed by atoms with Gasteiger partial charge in [-0.25, -0.2) is 9.66 Å². The van der Waals surface area contributed by atoms with Gasteiger partial charge in [0.25, 0.3) is 0 Å². The molecule has 0 saturated heterocycles. The molecule has 0 saturated carbocycles. The summed E-state index contributed by atoms with van der Waals surface area (Å²) in [6.07, 6.45) is 9.57. The number of imide groups is 1. The minimum absolute atomic E-state index is 0.198. The van der Waals surface area contributed by atoms with Crippen LogP contribution in [0, 0.1) is 4.64 Å². The van der Waals surface area contributed by atoms with Crippen molar-refractivity contribution in [3.8, 4) is 0 Å². The lowest BCUT2D eigenvalue weighted by atomic mass is 10.1. The molecule has 29 heavy (non-hydrogen) atoms. The van der Waals surface area contributed by atoms with Gasteiger partial charge in [0.05, 0.1) is 0 Å². The molecule has 2 amide bonds. The number of aromatic nitrogens is 2. The minimum Gasteiger partial charge on any atom is -0.273 e. The molecule has 0 unspecified atom stereocenters. The fourth-order valence-electron chi connectivity index (χ4n) is 3.44. The molecule has 2 aromatic rings. The van der Waals surface area contributed by atoms with Gasteiger partial charge >= 0.3 is 0 Å². The van der Waals surface area contributed by atoms with Crippen LogP contribution in [0.1, 0.15) is 84.1 Å². The zero-order valence-corrected chi connectivity index (χ0v) is 18.8. The first kappa shape index (κ1) is 23.2. The van der Waals surface area contributed by atoms with Crippen LogP contribution in [0.25, 0.3) is 11.0 Å². The average Bonchev–Trinajstić information content (AvgIpc) is 2.71. The van der Waals surface area contributed by atoms with E-state index in [2.05, 4.69) is 25.8 Å². The zero-order valence-electron chi connectivity index (χ0n) is 17.9. The van der Waals surface area contributed by atoms with Crippen LogP contribution in [0.4, 0.5) is 0 Å². The number of amides is 2. The summed E-state index contributed by atoms with van der Waals surface area (Å²) in [5.74, 6) is -0.395. The van der Waals surface area contributed by atoms with Crippen LogP contribution >= 0.6 is 12.2 Å². The van der Waals surface area contributed by atoms with Gasteiger partial charge in [0, 0.05) is 24.4 Å². The van der Waals surface area contributed by atoms with Gasteiger partial charge in [-0.15, -0.1) is 0 Å². The van der Waals surface area contributed by atoms with E-state index in [1.54, 1.807) is 10.9 Å². The topological polar surface area (TPSA) is 55.2 Å². The van der Waals surface area contributed by atoms with Gasteiger partial charge in [-0.05, 0) is 43.0 Å². The average molecular weight is 416 g/mol. The Hall–Kier alpha value is -2.08. The molecule has 2 rings (SSSR count). The fourth-order valence-corrected chi connectivity index (χ4v) is 3.77. The van der Waals surface area contributed by atoms with Crippen LogP contribution < -0.4 is 5.01 Å². The third kappa shape index (κ3) is 5.95. The summed E-state index contributed by atoms with van der Waals surface area (Å²) in [7, 11) is 0. The summed E-state index contributed by atoms with van der Waals surface area (Å²) in [5, 5.41) is 2.17. The van der Waals surface area contributed by atoms with E-state index in [-0.39, 0.29) is 11.8 Å². The predicted octanol–water partition coefficient (Wildman–Crippen LogP) is 5.87. The van der Waals surface area contributed by atoms with E-state index >= 15 is 0 Å². The largest absolute Gasteiger partial charge is 0.273 e. The third-order valence-electron chi connectivity index (χ3n) is 4.99. The molecule has 0 spiro atoms. The summed E-state index contributed by atoms with van der Waals surface area (Å²) in [6.45, 7) is 6.29. The fraction of sp³-hybridized carbons (Fsp3) is 0.565. The van der Waals surface area contributed by atoms with Crippen LogP contribution in [0.3, 0.4) is 0 Å². The van der Waals surface area contributed by atoms with Crippen LogP contribution in [0.15, 0.2) is 24.4 Å². The first-order valence-corrected chi connectivity index (χ1v) is 11.3. The maximum atomic E-state index is 13.2. The molecular weight excluding hydrogens is 382 g/mol. The van der Waals surface area contributed by atoms with Crippen molar-refractivity contribution in [1.82, 2.24) is 9.66 Å². The van der Waals surface area contributed by atoms with Gasteiger partial charge in [0.15, 0.2) is 5.65 Å². The zero-order chi connectivity index (χ0) is 21.2. The van der Waals surface area contributed by atoms with E-state index in [1.165, 1.54) is 5.01 Å². The normalized spacial score (nSPS) is 11.0. The monoisotopic (exact) mass is 415 g/mol. The molecule has 2 heterocycles. The SMILES string of the molecule is CCCCCC(=O)N(C(=O)CCCCC)n1c(=S)c(CCC)cc2cccnc21. The Balaban J connectivity index is 2.57. The molecule has 0 radical (unpaired) electrons. The molecule has 0 aliphatic rings. The Kier molecular flexibility index (Phi) is 9.45. The molecular formula is C23H33N3O2S. The summed E-state index contributed by atoms with van der Waals surface area (Å²) >= 11 is 5.75. The van der Waals surface area contributed by atoms with Gasteiger partial charge < -0.3 is 0 Å². The predicted molar refractivity (Wildman–Crippen MR) is 121 cm³/mol. The summed E-state index contributed by atoms with van der Waals surface area (Å²) < 4.78 is 2.10. The van der Waals surface area contributed by atoms with Crippen molar-refractivity contribution in [2.75, 3.05) is 5.01 Å². The Bertz CT molecular complexity index is 869. The smallest absolute Gasteiger partial charge is 0.248 e.